The molecule has 0 aliphatic heterocycles. The third kappa shape index (κ3) is 5.46. The van der Waals surface area contributed by atoms with E-state index in [1.807, 2.05) is 42.5 Å². The van der Waals surface area contributed by atoms with Gasteiger partial charge >= 0.3 is 0 Å². The Morgan fingerprint density at radius 3 is 2.45 bits per heavy atom. The lowest BCUT2D eigenvalue weighted by molar-refractivity contribution is -0.120. The van der Waals surface area contributed by atoms with Crippen molar-refractivity contribution in [2.45, 2.75) is 18.9 Å². The molecule has 3 aromatic heterocycles. The summed E-state index contributed by atoms with van der Waals surface area (Å²) in [5, 5.41) is 16.8. The molecule has 9 heteroatoms. The molecule has 3 heterocycles. The molecule has 2 aromatic carbocycles. The van der Waals surface area contributed by atoms with Gasteiger partial charge in [-0.1, -0.05) is 30.3 Å². The standard InChI is InChI=1S/C29H25N5O4/c30-28(36)23(15-8-19-6-13-22(35)14-7-19)32-29(37)21-11-9-20(10-12-21)25-18-24(26-4-3-17-38-26)33-34(25)27-5-1-2-16-31-27/h1-7,9-14,16-18,23,35H,8,15H2,(H2,30,36)(H,32,37). The van der Waals surface area contributed by atoms with Crippen molar-refractivity contribution in [3.05, 3.63) is 109 Å². The fourth-order valence-corrected chi connectivity index (χ4v) is 4.08. The van der Waals surface area contributed by atoms with Crippen molar-refractivity contribution in [3.63, 3.8) is 0 Å². The van der Waals surface area contributed by atoms with E-state index in [9.17, 15) is 14.7 Å². The Labute approximate surface area is 218 Å². The minimum atomic E-state index is -0.836. The molecule has 1 unspecified atom stereocenters. The number of nitrogens with zero attached hydrogens (tertiary/aromatic N) is 3. The van der Waals surface area contributed by atoms with Crippen molar-refractivity contribution in [1.29, 1.82) is 0 Å². The van der Waals surface area contributed by atoms with Crippen LogP contribution in [-0.2, 0) is 11.2 Å². The number of rotatable bonds is 9. The molecule has 0 radical (unpaired) electrons. The monoisotopic (exact) mass is 507 g/mol. The molecular formula is C29H25N5O4. The van der Waals surface area contributed by atoms with Crippen molar-refractivity contribution in [1.82, 2.24) is 20.1 Å². The zero-order valence-electron chi connectivity index (χ0n) is 20.3. The largest absolute Gasteiger partial charge is 0.508 e. The Kier molecular flexibility index (Phi) is 6.99. The van der Waals surface area contributed by atoms with E-state index in [2.05, 4.69) is 15.4 Å². The van der Waals surface area contributed by atoms with E-state index >= 15 is 0 Å². The lowest BCUT2D eigenvalue weighted by atomic mass is 10.0. The summed E-state index contributed by atoms with van der Waals surface area (Å²) < 4.78 is 7.24. The van der Waals surface area contributed by atoms with Crippen molar-refractivity contribution >= 4 is 11.8 Å². The summed E-state index contributed by atoms with van der Waals surface area (Å²) in [6, 6.07) is 23.9. The van der Waals surface area contributed by atoms with Crippen molar-refractivity contribution in [2.24, 2.45) is 5.73 Å². The molecule has 190 valence electrons. The van der Waals surface area contributed by atoms with Gasteiger partial charge in [0.25, 0.3) is 5.91 Å². The van der Waals surface area contributed by atoms with Crippen molar-refractivity contribution in [3.8, 4) is 34.3 Å². The van der Waals surface area contributed by atoms with Crippen LogP contribution < -0.4 is 11.1 Å². The molecule has 1 atom stereocenters. The maximum atomic E-state index is 12.9. The summed E-state index contributed by atoms with van der Waals surface area (Å²) in [6.45, 7) is 0. The molecule has 0 aliphatic rings. The number of aromatic hydroxyl groups is 1. The quantitative estimate of drug-likeness (QED) is 0.275. The van der Waals surface area contributed by atoms with E-state index in [-0.39, 0.29) is 5.75 Å². The number of pyridine rings is 1. The van der Waals surface area contributed by atoms with Gasteiger partial charge in [0, 0.05) is 17.3 Å². The van der Waals surface area contributed by atoms with Gasteiger partial charge in [-0.3, -0.25) is 9.59 Å². The molecule has 0 saturated heterocycles. The minimum Gasteiger partial charge on any atom is -0.508 e. The maximum Gasteiger partial charge on any atom is 0.251 e. The van der Waals surface area contributed by atoms with Gasteiger partial charge in [-0.25, -0.2) is 9.67 Å². The lowest BCUT2D eigenvalue weighted by Gasteiger charge is -2.16. The van der Waals surface area contributed by atoms with Crippen LogP contribution in [0.25, 0.3) is 28.5 Å². The molecule has 9 nitrogen and oxygen atoms in total. The second-order valence-electron chi connectivity index (χ2n) is 8.70. The SMILES string of the molecule is NC(=O)C(CCc1ccc(O)cc1)NC(=O)c1ccc(-c2cc(-c3ccco3)nn2-c2ccccn2)cc1. The third-order valence-corrected chi connectivity index (χ3v) is 6.10. The number of carbonyl (C=O) groups is 2. The average molecular weight is 508 g/mol. The summed E-state index contributed by atoms with van der Waals surface area (Å²) in [6.07, 6.45) is 4.13. The molecule has 5 rings (SSSR count). The number of nitrogens with one attached hydrogen (secondary N) is 1. The van der Waals surface area contributed by atoms with Crippen LogP contribution in [0.4, 0.5) is 0 Å². The normalized spacial score (nSPS) is 11.7. The molecule has 2 amide bonds. The highest BCUT2D eigenvalue weighted by molar-refractivity contribution is 5.97. The number of furan rings is 1. The van der Waals surface area contributed by atoms with Crippen LogP contribution in [0.5, 0.6) is 5.75 Å². The number of hydrogen-bond acceptors (Lipinski definition) is 6. The van der Waals surface area contributed by atoms with E-state index in [0.717, 1.165) is 16.8 Å². The second-order valence-corrected chi connectivity index (χ2v) is 8.70. The predicted octanol–water partition coefficient (Wildman–Crippen LogP) is 4.12. The molecule has 5 aromatic rings. The Hall–Kier alpha value is -5.18. The first kappa shape index (κ1) is 24.5. The zero-order chi connectivity index (χ0) is 26.5. The van der Waals surface area contributed by atoms with Gasteiger partial charge < -0.3 is 20.6 Å². The summed E-state index contributed by atoms with van der Waals surface area (Å²) in [4.78, 5) is 29.3. The van der Waals surface area contributed by atoms with E-state index < -0.39 is 17.9 Å². The number of benzene rings is 2. The van der Waals surface area contributed by atoms with Gasteiger partial charge in [0.2, 0.25) is 5.91 Å². The average Bonchev–Trinajstić information content (AvgIpc) is 3.63. The first-order valence-corrected chi connectivity index (χ1v) is 12.0. The summed E-state index contributed by atoms with van der Waals surface area (Å²) in [5.41, 5.74) is 9.09. The highest BCUT2D eigenvalue weighted by Crippen LogP contribution is 2.28. The lowest BCUT2D eigenvalue weighted by Crippen LogP contribution is -2.44. The number of aromatic nitrogens is 3. The van der Waals surface area contributed by atoms with E-state index in [4.69, 9.17) is 10.2 Å². The van der Waals surface area contributed by atoms with Gasteiger partial charge in [0.05, 0.1) is 12.0 Å². The van der Waals surface area contributed by atoms with E-state index in [1.165, 1.54) is 0 Å². The number of carbonyl (C=O) groups excluding carboxylic acids is 2. The molecular weight excluding hydrogens is 482 g/mol. The van der Waals surface area contributed by atoms with Gasteiger partial charge in [0.1, 0.15) is 17.5 Å². The fourth-order valence-electron chi connectivity index (χ4n) is 4.08. The van der Waals surface area contributed by atoms with Gasteiger partial charge in [-0.2, -0.15) is 5.10 Å². The van der Waals surface area contributed by atoms with Crippen LogP contribution in [0.15, 0.2) is 102 Å². The number of hydrogen-bond donors (Lipinski definition) is 3. The summed E-state index contributed by atoms with van der Waals surface area (Å²) in [5.74, 6) is 0.415. The zero-order valence-corrected chi connectivity index (χ0v) is 20.3. The summed E-state index contributed by atoms with van der Waals surface area (Å²) in [7, 11) is 0. The number of phenolic OH excluding ortho intramolecular Hbond substituents is 1. The number of phenols is 1. The highest BCUT2D eigenvalue weighted by Gasteiger charge is 2.20. The second kappa shape index (κ2) is 10.8. The molecule has 4 N–H and O–H groups in total. The summed E-state index contributed by atoms with van der Waals surface area (Å²) >= 11 is 0. The molecule has 0 aliphatic carbocycles. The Morgan fingerprint density at radius 2 is 1.79 bits per heavy atom. The van der Waals surface area contributed by atoms with Gasteiger partial charge in [0.15, 0.2) is 11.6 Å². The van der Waals surface area contributed by atoms with Crippen molar-refractivity contribution in [2.75, 3.05) is 0 Å². The fraction of sp³-hybridized carbons (Fsp3) is 0.103. The van der Waals surface area contributed by atoms with Crippen LogP contribution in [0.3, 0.4) is 0 Å². The minimum absolute atomic E-state index is 0.164. The first-order chi connectivity index (χ1) is 18.5. The first-order valence-electron chi connectivity index (χ1n) is 12.0. The van der Waals surface area contributed by atoms with Crippen LogP contribution in [-0.4, -0.2) is 37.7 Å². The predicted molar refractivity (Wildman–Crippen MR) is 141 cm³/mol. The van der Waals surface area contributed by atoms with Crippen LogP contribution in [0.1, 0.15) is 22.3 Å². The van der Waals surface area contributed by atoms with Crippen molar-refractivity contribution < 1.29 is 19.1 Å². The maximum absolute atomic E-state index is 12.9. The van der Waals surface area contributed by atoms with Gasteiger partial charge in [-0.15, -0.1) is 0 Å². The molecule has 38 heavy (non-hydrogen) atoms. The smallest absolute Gasteiger partial charge is 0.251 e. The molecule has 0 bridgehead atoms. The van der Waals surface area contributed by atoms with Crippen LogP contribution in [0, 0.1) is 0 Å². The number of primary amides is 1. The Balaban J connectivity index is 1.34. The third-order valence-electron chi connectivity index (χ3n) is 6.10. The Bertz CT molecular complexity index is 1530. The molecule has 0 spiro atoms. The Morgan fingerprint density at radius 1 is 1.00 bits per heavy atom. The molecule has 0 fully saturated rings. The highest BCUT2D eigenvalue weighted by atomic mass is 16.3. The number of aryl methyl sites for hydroxylation is 1. The van der Waals surface area contributed by atoms with Crippen LogP contribution in [0.2, 0.25) is 0 Å². The number of amides is 2. The van der Waals surface area contributed by atoms with E-state index in [1.54, 1.807) is 59.6 Å². The van der Waals surface area contributed by atoms with Crippen LogP contribution >= 0.6 is 0 Å². The van der Waals surface area contributed by atoms with Gasteiger partial charge in [-0.05, 0) is 73.0 Å². The topological polar surface area (TPSA) is 136 Å². The molecule has 0 saturated carbocycles. The van der Waals surface area contributed by atoms with E-state index in [0.29, 0.717) is 35.7 Å². The number of nitrogens with two attached hydrogens (primary N) is 1.